The van der Waals surface area contributed by atoms with E-state index >= 15 is 0 Å². The van der Waals surface area contributed by atoms with E-state index in [-0.39, 0.29) is 6.61 Å². The molecular formula is C16H29F3O6Si2. The van der Waals surface area contributed by atoms with Gasteiger partial charge in [0.25, 0.3) is 0 Å². The fourth-order valence-electron chi connectivity index (χ4n) is 2.41. The molecule has 27 heavy (non-hydrogen) atoms. The highest BCUT2D eigenvalue weighted by molar-refractivity contribution is 6.84. The van der Waals surface area contributed by atoms with Gasteiger partial charge in [-0.15, -0.1) is 0 Å². The van der Waals surface area contributed by atoms with Crippen molar-refractivity contribution in [2.24, 2.45) is 0 Å². The maximum Gasteiger partial charge on any atom is 0.391 e. The number of ether oxygens (including phenoxy) is 2. The Morgan fingerprint density at radius 3 is 2.19 bits per heavy atom. The zero-order valence-corrected chi connectivity index (χ0v) is 18.4. The van der Waals surface area contributed by atoms with Crippen molar-refractivity contribution in [2.75, 3.05) is 13.2 Å². The van der Waals surface area contributed by atoms with Gasteiger partial charge < -0.3 is 18.7 Å². The topological polar surface area (TPSA) is 82.1 Å². The zero-order chi connectivity index (χ0) is 21.3. The average molecular weight is 431 g/mol. The second-order valence-electron chi connectivity index (χ2n) is 7.69. The largest absolute Gasteiger partial charge is 0.478 e. The van der Waals surface area contributed by atoms with Crippen molar-refractivity contribution in [3.8, 4) is 0 Å². The van der Waals surface area contributed by atoms with Crippen LogP contribution >= 0.6 is 0 Å². The SMILES string of the molecule is C[Si](C)(C)O[Si](C)(C)CCCOC(COC(=O)/C=C/C(=O)O)CC(F)(F)F. The van der Waals surface area contributed by atoms with Gasteiger partial charge in [-0.2, -0.15) is 13.2 Å². The van der Waals surface area contributed by atoms with E-state index < -0.39 is 53.9 Å². The number of hydrogen-bond donors (Lipinski definition) is 1. The summed E-state index contributed by atoms with van der Waals surface area (Å²) in [6, 6.07) is 0.747. The normalized spacial score (nSPS) is 14.4. The lowest BCUT2D eigenvalue weighted by Gasteiger charge is -2.31. The predicted octanol–water partition coefficient (Wildman–Crippen LogP) is 3.95. The van der Waals surface area contributed by atoms with Crippen molar-refractivity contribution in [2.45, 2.75) is 63.9 Å². The Morgan fingerprint density at radius 2 is 1.70 bits per heavy atom. The van der Waals surface area contributed by atoms with Crippen LogP contribution in [0.3, 0.4) is 0 Å². The van der Waals surface area contributed by atoms with Gasteiger partial charge in [-0.05, 0) is 45.2 Å². The molecule has 0 aliphatic heterocycles. The maximum atomic E-state index is 12.6. The predicted molar refractivity (Wildman–Crippen MR) is 99.5 cm³/mol. The number of hydrogen-bond acceptors (Lipinski definition) is 5. The molecule has 0 aromatic carbocycles. The van der Waals surface area contributed by atoms with Gasteiger partial charge in [-0.1, -0.05) is 0 Å². The molecule has 0 rings (SSSR count). The molecule has 0 aromatic heterocycles. The van der Waals surface area contributed by atoms with E-state index in [1.54, 1.807) is 0 Å². The van der Waals surface area contributed by atoms with Crippen LogP contribution in [0.4, 0.5) is 13.2 Å². The Kier molecular flexibility index (Phi) is 10.5. The number of esters is 1. The molecule has 1 unspecified atom stereocenters. The monoisotopic (exact) mass is 430 g/mol. The first kappa shape index (κ1) is 25.8. The van der Waals surface area contributed by atoms with Gasteiger partial charge in [0.2, 0.25) is 0 Å². The molecule has 0 saturated heterocycles. The number of carboxylic acids is 1. The summed E-state index contributed by atoms with van der Waals surface area (Å²) in [7, 11) is -3.59. The lowest BCUT2D eigenvalue weighted by Crippen LogP contribution is -2.42. The second kappa shape index (κ2) is 11.0. The van der Waals surface area contributed by atoms with E-state index in [0.29, 0.717) is 18.6 Å². The van der Waals surface area contributed by atoms with E-state index in [9.17, 15) is 22.8 Å². The van der Waals surface area contributed by atoms with E-state index in [0.717, 1.165) is 6.04 Å². The van der Waals surface area contributed by atoms with E-state index in [1.807, 2.05) is 0 Å². The standard InChI is InChI=1S/C16H29F3O6Si2/c1-26(2,3)25-27(4,5)10-6-9-23-13(11-16(17,18)19)12-24-15(22)8-7-14(20)21/h7-8,13H,6,9-12H2,1-5H3,(H,20,21)/b8-7+. The molecule has 0 saturated carbocycles. The minimum absolute atomic E-state index is 0.0920. The summed E-state index contributed by atoms with van der Waals surface area (Å²) < 4.78 is 54.0. The highest BCUT2D eigenvalue weighted by atomic mass is 28.4. The summed E-state index contributed by atoms with van der Waals surface area (Å²) in [5, 5.41) is 8.40. The molecule has 0 aliphatic carbocycles. The third-order valence-electron chi connectivity index (χ3n) is 3.09. The average Bonchev–Trinajstić information content (AvgIpc) is 2.42. The van der Waals surface area contributed by atoms with Crippen LogP contribution in [0.1, 0.15) is 12.8 Å². The molecule has 6 nitrogen and oxygen atoms in total. The minimum Gasteiger partial charge on any atom is -0.478 e. The third kappa shape index (κ3) is 16.7. The van der Waals surface area contributed by atoms with Gasteiger partial charge in [0.15, 0.2) is 16.6 Å². The van der Waals surface area contributed by atoms with Gasteiger partial charge >= 0.3 is 18.1 Å². The molecule has 1 N–H and O–H groups in total. The number of alkyl halides is 3. The number of rotatable bonds is 12. The summed E-state index contributed by atoms with van der Waals surface area (Å²) in [6.45, 7) is 9.88. The fraction of sp³-hybridized carbons (Fsp3) is 0.750. The third-order valence-corrected chi connectivity index (χ3v) is 9.31. The molecule has 0 heterocycles. The molecule has 158 valence electrons. The van der Waals surface area contributed by atoms with E-state index in [1.165, 1.54) is 0 Å². The van der Waals surface area contributed by atoms with Crippen LogP contribution in [0.15, 0.2) is 12.2 Å². The summed E-state index contributed by atoms with van der Waals surface area (Å²) >= 11 is 0. The van der Waals surface area contributed by atoms with Crippen LogP contribution in [0.5, 0.6) is 0 Å². The molecule has 0 spiro atoms. The zero-order valence-electron chi connectivity index (χ0n) is 16.4. The summed E-state index contributed by atoms with van der Waals surface area (Å²) in [5.41, 5.74) is 0. The van der Waals surface area contributed by atoms with Crippen molar-refractivity contribution in [3.05, 3.63) is 12.2 Å². The molecule has 0 fully saturated rings. The Hall–Kier alpha value is -1.18. The highest BCUT2D eigenvalue weighted by Crippen LogP contribution is 2.24. The molecule has 0 amide bonds. The van der Waals surface area contributed by atoms with Crippen molar-refractivity contribution in [3.63, 3.8) is 0 Å². The Labute approximate surface area is 159 Å². The van der Waals surface area contributed by atoms with Gasteiger partial charge in [0, 0.05) is 18.8 Å². The molecule has 0 bridgehead atoms. The molecule has 0 aliphatic rings. The Balaban J connectivity index is 4.49. The van der Waals surface area contributed by atoms with Crippen molar-refractivity contribution in [1.82, 2.24) is 0 Å². The number of carboxylic acid groups (broad SMARTS) is 1. The van der Waals surface area contributed by atoms with E-state index in [4.69, 9.17) is 14.0 Å². The van der Waals surface area contributed by atoms with Crippen LogP contribution < -0.4 is 0 Å². The molecular weight excluding hydrogens is 401 g/mol. The maximum absolute atomic E-state index is 12.6. The minimum atomic E-state index is -4.47. The van der Waals surface area contributed by atoms with Gasteiger partial charge in [-0.25, -0.2) is 9.59 Å². The van der Waals surface area contributed by atoms with Crippen LogP contribution in [-0.2, 0) is 23.2 Å². The van der Waals surface area contributed by atoms with Crippen molar-refractivity contribution < 1.29 is 41.5 Å². The smallest absolute Gasteiger partial charge is 0.391 e. The molecule has 0 radical (unpaired) electrons. The first-order valence-corrected chi connectivity index (χ1v) is 15.1. The second-order valence-corrected chi connectivity index (χ2v) is 16.8. The van der Waals surface area contributed by atoms with Gasteiger partial charge in [0.1, 0.15) is 12.7 Å². The van der Waals surface area contributed by atoms with Crippen LogP contribution in [0.25, 0.3) is 0 Å². The van der Waals surface area contributed by atoms with Gasteiger partial charge in [-0.3, -0.25) is 0 Å². The first-order valence-electron chi connectivity index (χ1n) is 8.56. The van der Waals surface area contributed by atoms with Gasteiger partial charge in [0.05, 0.1) is 6.42 Å². The molecule has 0 aromatic rings. The molecule has 1 atom stereocenters. The summed E-state index contributed by atoms with van der Waals surface area (Å²) in [4.78, 5) is 21.6. The van der Waals surface area contributed by atoms with Crippen LogP contribution in [0, 0.1) is 0 Å². The summed E-state index contributed by atoms with van der Waals surface area (Å²) in [6.07, 6.45) is -5.33. The fourth-order valence-corrected chi connectivity index (χ4v) is 10.4. The Morgan fingerprint density at radius 1 is 1.11 bits per heavy atom. The lowest BCUT2D eigenvalue weighted by atomic mass is 10.2. The van der Waals surface area contributed by atoms with Crippen molar-refractivity contribution >= 4 is 28.6 Å². The van der Waals surface area contributed by atoms with Crippen LogP contribution in [-0.4, -0.2) is 59.2 Å². The van der Waals surface area contributed by atoms with Crippen LogP contribution in [0.2, 0.25) is 38.8 Å². The number of carbonyl (C=O) groups excluding carboxylic acids is 1. The first-order chi connectivity index (χ1) is 12.1. The number of halogens is 3. The molecule has 11 heteroatoms. The summed E-state index contributed by atoms with van der Waals surface area (Å²) in [5.74, 6) is -2.40. The number of carbonyl (C=O) groups is 2. The van der Waals surface area contributed by atoms with Crippen molar-refractivity contribution in [1.29, 1.82) is 0 Å². The number of aliphatic carboxylic acids is 1. The quantitative estimate of drug-likeness (QED) is 0.218. The highest BCUT2D eigenvalue weighted by Gasteiger charge is 2.33. The Bertz CT molecular complexity index is 515. The van der Waals surface area contributed by atoms with E-state index in [2.05, 4.69) is 37.5 Å². The lowest BCUT2D eigenvalue weighted by molar-refractivity contribution is -0.172.